The van der Waals surface area contributed by atoms with Gasteiger partial charge in [-0.25, -0.2) is 4.85 Å². The highest BCUT2D eigenvalue weighted by molar-refractivity contribution is 6.11. The number of benzene rings is 7. The third kappa shape index (κ3) is 4.31. The van der Waals surface area contributed by atoms with Gasteiger partial charge >= 0.3 is 0 Å². The fraction of sp³-hybridized carbons (Fsp3) is 0. The molecule has 5 heteroatoms. The second-order valence-corrected chi connectivity index (χ2v) is 12.3. The van der Waals surface area contributed by atoms with E-state index in [1.54, 1.807) is 0 Å². The number of rotatable bonds is 4. The first-order chi connectivity index (χ1) is 24.7. The lowest BCUT2D eigenvalue weighted by molar-refractivity contribution is 1.18. The van der Waals surface area contributed by atoms with Crippen molar-refractivity contribution >= 4 is 49.3 Å². The molecule has 0 aliphatic rings. The molecule has 0 aliphatic carbocycles. The van der Waals surface area contributed by atoms with Gasteiger partial charge in [0.25, 0.3) is 0 Å². The Labute approximate surface area is 288 Å². The third-order valence-corrected chi connectivity index (χ3v) is 9.61. The number of nitriles is 2. The molecule has 2 heterocycles. The van der Waals surface area contributed by atoms with Gasteiger partial charge in [0.2, 0.25) is 0 Å². The van der Waals surface area contributed by atoms with Crippen LogP contribution in [0.5, 0.6) is 0 Å². The SMILES string of the molecule is [C-]#[N+]c1cc(-n2c3ccccc3c3ccccc32)cc(C#N)c1-c1ccc(-c2ccccc2-n2c3ccccc3c3cc(C#N)ccc32)cc1. The van der Waals surface area contributed by atoms with Crippen LogP contribution in [-0.4, -0.2) is 9.13 Å². The van der Waals surface area contributed by atoms with Crippen molar-refractivity contribution in [1.82, 2.24) is 9.13 Å². The molecule has 0 atom stereocenters. The highest BCUT2D eigenvalue weighted by Crippen LogP contribution is 2.41. The largest absolute Gasteiger partial charge is 0.310 e. The molecular weight excluding hydrogens is 611 g/mol. The quantitative estimate of drug-likeness (QED) is 0.181. The van der Waals surface area contributed by atoms with Gasteiger partial charge in [-0.3, -0.25) is 0 Å². The monoisotopic (exact) mass is 635 g/mol. The standard InChI is InChI=1S/C45H25N5/c1-48-39-26-33(49-41-15-7-3-11-35(41)36-12-4-8-16-42(36)49)25-32(28-47)45(39)31-21-19-30(20-22-31)34-10-2-6-14-40(34)50-43-17-9-5-13-37(43)38-24-29(27-46)18-23-44(38)50/h2-26H. The van der Waals surface area contributed by atoms with E-state index in [1.165, 1.54) is 0 Å². The maximum absolute atomic E-state index is 10.4. The Morgan fingerprint density at radius 2 is 1.06 bits per heavy atom. The number of fused-ring (bicyclic) bond motifs is 6. The van der Waals surface area contributed by atoms with Gasteiger partial charge in [-0.2, -0.15) is 10.5 Å². The first-order valence-corrected chi connectivity index (χ1v) is 16.3. The molecule has 9 rings (SSSR count). The highest BCUT2D eigenvalue weighted by atomic mass is 15.0. The van der Waals surface area contributed by atoms with Crippen LogP contribution in [0, 0.1) is 29.2 Å². The van der Waals surface area contributed by atoms with Gasteiger partial charge in [-0.15, -0.1) is 0 Å². The fourth-order valence-corrected chi connectivity index (χ4v) is 7.45. The van der Waals surface area contributed by atoms with Crippen molar-refractivity contribution in [2.24, 2.45) is 0 Å². The van der Waals surface area contributed by atoms with E-state index in [2.05, 4.69) is 86.8 Å². The summed E-state index contributed by atoms with van der Waals surface area (Å²) in [6, 6.07) is 55.5. The van der Waals surface area contributed by atoms with Crippen molar-refractivity contribution in [2.75, 3.05) is 0 Å². The van der Waals surface area contributed by atoms with Crippen molar-refractivity contribution in [1.29, 1.82) is 10.5 Å². The normalized spacial score (nSPS) is 11.1. The van der Waals surface area contributed by atoms with E-state index in [4.69, 9.17) is 6.57 Å². The predicted molar refractivity (Wildman–Crippen MR) is 202 cm³/mol. The predicted octanol–water partition coefficient (Wildman–Crippen LogP) is 11.5. The summed E-state index contributed by atoms with van der Waals surface area (Å²) >= 11 is 0. The van der Waals surface area contributed by atoms with Gasteiger partial charge in [-0.1, -0.05) is 97.1 Å². The summed E-state index contributed by atoms with van der Waals surface area (Å²) in [7, 11) is 0. The van der Waals surface area contributed by atoms with Crippen LogP contribution >= 0.6 is 0 Å². The zero-order chi connectivity index (χ0) is 33.8. The van der Waals surface area contributed by atoms with Crippen LogP contribution in [0.25, 0.3) is 82.1 Å². The molecule has 0 aliphatic heterocycles. The van der Waals surface area contributed by atoms with Crippen LogP contribution in [-0.2, 0) is 0 Å². The lowest BCUT2D eigenvalue weighted by atomic mass is 9.95. The zero-order valence-electron chi connectivity index (χ0n) is 26.7. The minimum Gasteiger partial charge on any atom is -0.310 e. The van der Waals surface area contributed by atoms with Gasteiger partial charge in [0.05, 0.1) is 57.6 Å². The fourth-order valence-electron chi connectivity index (χ4n) is 7.45. The lowest BCUT2D eigenvalue weighted by Crippen LogP contribution is -1.97. The van der Waals surface area contributed by atoms with Gasteiger partial charge in [0, 0.05) is 38.4 Å². The van der Waals surface area contributed by atoms with E-state index in [9.17, 15) is 10.5 Å². The Hall–Kier alpha value is -7.39. The Morgan fingerprint density at radius 3 is 1.70 bits per heavy atom. The van der Waals surface area contributed by atoms with Crippen LogP contribution in [0.2, 0.25) is 0 Å². The Morgan fingerprint density at radius 1 is 0.500 bits per heavy atom. The molecular formula is C45H25N5. The van der Waals surface area contributed by atoms with Crippen LogP contribution < -0.4 is 0 Å². The van der Waals surface area contributed by atoms with Gasteiger partial charge < -0.3 is 9.13 Å². The zero-order valence-corrected chi connectivity index (χ0v) is 26.7. The molecule has 2 aromatic heterocycles. The number of hydrogen-bond acceptors (Lipinski definition) is 2. The Balaban J connectivity index is 1.17. The van der Waals surface area contributed by atoms with Crippen LogP contribution in [0.3, 0.4) is 0 Å². The summed E-state index contributed by atoms with van der Waals surface area (Å²) in [6.07, 6.45) is 0. The summed E-state index contributed by atoms with van der Waals surface area (Å²) in [5, 5.41) is 24.4. The van der Waals surface area contributed by atoms with E-state index >= 15 is 0 Å². The molecule has 230 valence electrons. The molecule has 50 heavy (non-hydrogen) atoms. The molecule has 5 nitrogen and oxygen atoms in total. The van der Waals surface area contributed by atoms with Gasteiger partial charge in [-0.05, 0) is 65.7 Å². The molecule has 0 spiro atoms. The van der Waals surface area contributed by atoms with Crippen molar-refractivity contribution < 1.29 is 0 Å². The molecule has 0 amide bonds. The number of nitrogens with zero attached hydrogens (tertiary/aromatic N) is 5. The van der Waals surface area contributed by atoms with Crippen molar-refractivity contribution in [3.63, 3.8) is 0 Å². The van der Waals surface area contributed by atoms with Gasteiger partial charge in [0.1, 0.15) is 0 Å². The maximum Gasteiger partial charge on any atom is 0.198 e. The summed E-state index contributed by atoms with van der Waals surface area (Å²) in [5.41, 5.74) is 10.9. The smallest absolute Gasteiger partial charge is 0.198 e. The topological polar surface area (TPSA) is 61.8 Å². The Bertz CT molecular complexity index is 2870. The van der Waals surface area contributed by atoms with E-state index < -0.39 is 0 Å². The lowest BCUT2D eigenvalue weighted by Gasteiger charge is -2.16. The molecule has 0 unspecified atom stereocenters. The Kier molecular flexibility index (Phi) is 6.56. The van der Waals surface area contributed by atoms with Crippen molar-refractivity contribution in [3.05, 3.63) is 174 Å². The molecule has 0 N–H and O–H groups in total. The maximum atomic E-state index is 10.4. The molecule has 0 bridgehead atoms. The van der Waals surface area contributed by atoms with Crippen LogP contribution in [0.15, 0.2) is 152 Å². The summed E-state index contributed by atoms with van der Waals surface area (Å²) < 4.78 is 4.40. The average molecular weight is 636 g/mol. The van der Waals surface area contributed by atoms with Gasteiger partial charge in [0.15, 0.2) is 5.69 Å². The molecule has 9 aromatic rings. The molecule has 0 fully saturated rings. The van der Waals surface area contributed by atoms with Crippen LogP contribution in [0.4, 0.5) is 5.69 Å². The summed E-state index contributed by atoms with van der Waals surface area (Å²) in [5.74, 6) is 0. The minimum absolute atomic E-state index is 0.427. The van der Waals surface area contributed by atoms with E-state index in [0.29, 0.717) is 22.4 Å². The second-order valence-electron chi connectivity index (χ2n) is 12.3. The van der Waals surface area contributed by atoms with Crippen molar-refractivity contribution in [3.8, 4) is 45.8 Å². The van der Waals surface area contributed by atoms with Crippen molar-refractivity contribution in [2.45, 2.75) is 0 Å². The van der Waals surface area contributed by atoms with E-state index in [-0.39, 0.29) is 0 Å². The summed E-state index contributed by atoms with van der Waals surface area (Å²) in [4.78, 5) is 3.95. The first-order valence-electron chi connectivity index (χ1n) is 16.3. The number of hydrogen-bond donors (Lipinski definition) is 0. The highest BCUT2D eigenvalue weighted by Gasteiger charge is 2.19. The minimum atomic E-state index is 0.427. The molecule has 0 radical (unpaired) electrons. The molecule has 7 aromatic carbocycles. The number of para-hydroxylation sites is 4. The number of aromatic nitrogens is 2. The van der Waals surface area contributed by atoms with E-state index in [0.717, 1.165) is 71.7 Å². The summed E-state index contributed by atoms with van der Waals surface area (Å²) in [6.45, 7) is 8.18. The second kappa shape index (κ2) is 11.4. The average Bonchev–Trinajstić information content (AvgIpc) is 3.70. The third-order valence-electron chi connectivity index (χ3n) is 9.61. The molecule has 0 saturated carbocycles. The first kappa shape index (κ1) is 28.8. The van der Waals surface area contributed by atoms with Crippen LogP contribution in [0.1, 0.15) is 11.1 Å². The molecule has 0 saturated heterocycles. The van der Waals surface area contributed by atoms with E-state index in [1.807, 2.05) is 91.0 Å².